The molecular weight excluding hydrogens is 373 g/mol. The number of anilines is 1. The van der Waals surface area contributed by atoms with Gasteiger partial charge < -0.3 is 14.8 Å². The van der Waals surface area contributed by atoms with Crippen molar-refractivity contribution in [3.63, 3.8) is 0 Å². The summed E-state index contributed by atoms with van der Waals surface area (Å²) in [6.07, 6.45) is 2.42. The Kier molecular flexibility index (Phi) is 6.81. The third-order valence-corrected chi connectivity index (χ3v) is 4.70. The summed E-state index contributed by atoms with van der Waals surface area (Å²) in [5.74, 6) is 0.428. The predicted octanol–water partition coefficient (Wildman–Crippen LogP) is 3.03. The van der Waals surface area contributed by atoms with Crippen molar-refractivity contribution >= 4 is 35.3 Å². The molecule has 0 atom stereocenters. The summed E-state index contributed by atoms with van der Waals surface area (Å²) >= 11 is 1.46. The van der Waals surface area contributed by atoms with Gasteiger partial charge in [-0.15, -0.1) is 11.3 Å². The molecule has 3 aromatic rings. The van der Waals surface area contributed by atoms with Gasteiger partial charge in [0.2, 0.25) is 5.13 Å². The molecule has 0 bridgehead atoms. The Labute approximate surface area is 168 Å². The zero-order chi connectivity index (χ0) is 19.9. The summed E-state index contributed by atoms with van der Waals surface area (Å²) in [6.45, 7) is 4.35. The van der Waals surface area contributed by atoms with Gasteiger partial charge in [0.15, 0.2) is 0 Å². The van der Waals surface area contributed by atoms with E-state index < -0.39 is 7.12 Å². The van der Waals surface area contributed by atoms with Crippen molar-refractivity contribution in [1.82, 2.24) is 4.98 Å². The summed E-state index contributed by atoms with van der Waals surface area (Å²) in [5, 5.41) is 26.2. The van der Waals surface area contributed by atoms with Crippen LogP contribution in [0.1, 0.15) is 24.5 Å². The van der Waals surface area contributed by atoms with Crippen LogP contribution in [0.3, 0.4) is 0 Å². The van der Waals surface area contributed by atoms with E-state index in [1.54, 1.807) is 12.3 Å². The largest absolute Gasteiger partial charge is 0.493 e. The lowest BCUT2D eigenvalue weighted by Crippen LogP contribution is -2.32. The lowest BCUT2D eigenvalue weighted by Gasteiger charge is -2.14. The number of hydrogen-bond acceptors (Lipinski definition) is 7. The van der Waals surface area contributed by atoms with E-state index in [9.17, 15) is 10.0 Å². The third kappa shape index (κ3) is 4.98. The highest BCUT2D eigenvalue weighted by molar-refractivity contribution is 7.14. The molecule has 0 spiro atoms. The molecule has 0 aliphatic carbocycles. The topological polar surface area (TPSA) is 87.0 Å². The number of aromatic nitrogens is 1. The van der Waals surface area contributed by atoms with E-state index in [1.807, 2.05) is 55.6 Å². The van der Waals surface area contributed by atoms with Gasteiger partial charge in [0.05, 0.1) is 18.5 Å². The second-order valence-electron chi connectivity index (χ2n) is 6.27. The molecule has 8 heteroatoms. The van der Waals surface area contributed by atoms with Crippen molar-refractivity contribution in [2.45, 2.75) is 20.3 Å². The summed E-state index contributed by atoms with van der Waals surface area (Å²) in [7, 11) is -1.61. The summed E-state index contributed by atoms with van der Waals surface area (Å²) < 4.78 is 5.75. The van der Waals surface area contributed by atoms with E-state index in [-0.39, 0.29) is 0 Å². The molecule has 0 saturated heterocycles. The van der Waals surface area contributed by atoms with Crippen molar-refractivity contribution in [2.24, 2.45) is 5.10 Å². The maximum absolute atomic E-state index is 9.67. The smallest absolute Gasteiger partial charge is 0.492 e. The Balaban J connectivity index is 1.79. The number of nitrogens with zero attached hydrogens (tertiary/aromatic N) is 2. The maximum atomic E-state index is 9.67. The van der Waals surface area contributed by atoms with Crippen molar-refractivity contribution in [3.8, 4) is 17.0 Å². The van der Waals surface area contributed by atoms with Gasteiger partial charge in [-0.1, -0.05) is 48.9 Å². The number of aryl methyl sites for hydroxylation is 1. The van der Waals surface area contributed by atoms with E-state index >= 15 is 0 Å². The number of nitrogens with one attached hydrogen (secondary N) is 1. The Bertz CT molecular complexity index is 945. The Morgan fingerprint density at radius 3 is 2.75 bits per heavy atom. The molecule has 0 unspecified atom stereocenters. The van der Waals surface area contributed by atoms with Crippen LogP contribution in [0.15, 0.2) is 52.9 Å². The fourth-order valence-corrected chi connectivity index (χ4v) is 3.38. The molecule has 0 aliphatic rings. The monoisotopic (exact) mass is 395 g/mol. The van der Waals surface area contributed by atoms with E-state index in [1.165, 1.54) is 11.3 Å². The van der Waals surface area contributed by atoms with Crippen LogP contribution in [0.4, 0.5) is 5.13 Å². The standard InChI is InChI=1S/C20H22BN3O3S/c1-3-9-27-19-16(10-14(2)11-17(19)21(25)26)12-22-24-20-23-18(13-28-20)15-7-5-4-6-8-15/h4-8,10-13,25-26H,3,9H2,1-2H3,(H,23,24). The SMILES string of the molecule is CCCOc1c(C=NNc2nc(-c3ccccc3)cs2)cc(C)cc1B(O)O. The van der Waals surface area contributed by atoms with Crippen LogP contribution in [-0.2, 0) is 0 Å². The Hall–Kier alpha value is -2.68. The molecule has 1 aromatic heterocycles. The second-order valence-corrected chi connectivity index (χ2v) is 7.13. The Morgan fingerprint density at radius 2 is 2.04 bits per heavy atom. The molecule has 0 fully saturated rings. The highest BCUT2D eigenvalue weighted by Crippen LogP contribution is 2.24. The van der Waals surface area contributed by atoms with Crippen LogP contribution < -0.4 is 15.6 Å². The van der Waals surface area contributed by atoms with Crippen molar-refractivity contribution < 1.29 is 14.8 Å². The molecular formula is C20H22BN3O3S. The maximum Gasteiger partial charge on any atom is 0.492 e. The first-order chi connectivity index (χ1) is 13.6. The summed E-state index contributed by atoms with van der Waals surface area (Å²) in [6, 6.07) is 13.5. The molecule has 0 amide bonds. The first-order valence-electron chi connectivity index (χ1n) is 9.02. The molecule has 3 rings (SSSR count). The second kappa shape index (κ2) is 9.50. The zero-order valence-corrected chi connectivity index (χ0v) is 16.6. The molecule has 6 nitrogen and oxygen atoms in total. The molecule has 0 saturated carbocycles. The number of rotatable bonds is 8. The average Bonchev–Trinajstić information content (AvgIpc) is 3.16. The molecule has 3 N–H and O–H groups in total. The lowest BCUT2D eigenvalue weighted by molar-refractivity contribution is 0.317. The predicted molar refractivity (Wildman–Crippen MR) is 116 cm³/mol. The van der Waals surface area contributed by atoms with Gasteiger partial charge in [0, 0.05) is 22.0 Å². The lowest BCUT2D eigenvalue weighted by atomic mass is 9.77. The molecule has 144 valence electrons. The molecule has 1 heterocycles. The fourth-order valence-electron chi connectivity index (χ4n) is 2.71. The minimum absolute atomic E-state index is 0.329. The minimum atomic E-state index is -1.61. The van der Waals surface area contributed by atoms with Crippen molar-refractivity contribution in [3.05, 3.63) is 59.0 Å². The number of thiazole rings is 1. The molecule has 0 aliphatic heterocycles. The van der Waals surface area contributed by atoms with Gasteiger partial charge in [-0.3, -0.25) is 5.43 Å². The quantitative estimate of drug-likeness (QED) is 0.310. The van der Waals surface area contributed by atoms with E-state index in [0.29, 0.717) is 28.5 Å². The van der Waals surface area contributed by atoms with Gasteiger partial charge in [-0.25, -0.2) is 4.98 Å². The van der Waals surface area contributed by atoms with Crippen LogP contribution in [0.25, 0.3) is 11.3 Å². The van der Waals surface area contributed by atoms with Gasteiger partial charge in [0.25, 0.3) is 0 Å². The average molecular weight is 395 g/mol. The van der Waals surface area contributed by atoms with Crippen molar-refractivity contribution in [2.75, 3.05) is 12.0 Å². The first kappa shape index (κ1) is 20.1. The molecule has 0 radical (unpaired) electrons. The van der Waals surface area contributed by atoms with Gasteiger partial charge in [-0.05, 0) is 19.4 Å². The Morgan fingerprint density at radius 1 is 1.25 bits per heavy atom. The molecule has 2 aromatic carbocycles. The number of benzene rings is 2. The number of hydrogen-bond donors (Lipinski definition) is 3. The van der Waals surface area contributed by atoms with Crippen LogP contribution in [0.2, 0.25) is 0 Å². The van der Waals surface area contributed by atoms with Gasteiger partial charge in [0.1, 0.15) is 5.75 Å². The third-order valence-electron chi connectivity index (χ3n) is 3.96. The summed E-state index contributed by atoms with van der Waals surface area (Å²) in [5.41, 5.74) is 6.75. The highest BCUT2D eigenvalue weighted by atomic mass is 32.1. The van der Waals surface area contributed by atoms with E-state index in [0.717, 1.165) is 23.2 Å². The van der Waals surface area contributed by atoms with Crippen molar-refractivity contribution in [1.29, 1.82) is 0 Å². The van der Waals surface area contributed by atoms with E-state index in [4.69, 9.17) is 4.74 Å². The van der Waals surface area contributed by atoms with E-state index in [2.05, 4.69) is 15.5 Å². The van der Waals surface area contributed by atoms with Crippen LogP contribution >= 0.6 is 11.3 Å². The fraction of sp³-hybridized carbons (Fsp3) is 0.200. The van der Waals surface area contributed by atoms with Gasteiger partial charge >= 0.3 is 7.12 Å². The molecule has 28 heavy (non-hydrogen) atoms. The minimum Gasteiger partial charge on any atom is -0.493 e. The first-order valence-corrected chi connectivity index (χ1v) is 9.90. The van der Waals surface area contributed by atoms with Gasteiger partial charge in [-0.2, -0.15) is 5.10 Å². The number of hydrazone groups is 1. The van der Waals surface area contributed by atoms with Crippen LogP contribution in [-0.4, -0.2) is 35.0 Å². The number of ether oxygens (including phenoxy) is 1. The normalized spacial score (nSPS) is 11.0. The van der Waals surface area contributed by atoms with Crippen LogP contribution in [0.5, 0.6) is 5.75 Å². The zero-order valence-electron chi connectivity index (χ0n) is 15.8. The summed E-state index contributed by atoms with van der Waals surface area (Å²) in [4.78, 5) is 4.53. The highest BCUT2D eigenvalue weighted by Gasteiger charge is 2.20. The van der Waals surface area contributed by atoms with Crippen LogP contribution in [0, 0.1) is 6.92 Å².